The summed E-state index contributed by atoms with van der Waals surface area (Å²) >= 11 is 0. The minimum absolute atomic E-state index is 0.251. The monoisotopic (exact) mass is 224 g/mol. The summed E-state index contributed by atoms with van der Waals surface area (Å²) in [7, 11) is 0. The molecule has 0 bridgehead atoms. The molecular formula is C13H24N2O. The van der Waals surface area contributed by atoms with Gasteiger partial charge < -0.3 is 4.74 Å². The minimum Gasteiger partial charge on any atom is -0.376 e. The second kappa shape index (κ2) is 6.38. The van der Waals surface area contributed by atoms with E-state index in [9.17, 15) is 0 Å². The lowest BCUT2D eigenvalue weighted by atomic mass is 9.91. The summed E-state index contributed by atoms with van der Waals surface area (Å²) in [6.45, 7) is 0.899. The van der Waals surface area contributed by atoms with Crippen LogP contribution in [-0.2, 0) is 4.74 Å². The van der Waals surface area contributed by atoms with Crippen LogP contribution in [0.5, 0.6) is 0 Å². The van der Waals surface area contributed by atoms with E-state index in [2.05, 4.69) is 11.5 Å². The van der Waals surface area contributed by atoms with Gasteiger partial charge in [-0.1, -0.05) is 24.5 Å². The van der Waals surface area contributed by atoms with Crippen molar-refractivity contribution < 1.29 is 4.74 Å². The molecule has 0 amide bonds. The Morgan fingerprint density at radius 3 is 2.88 bits per heavy atom. The van der Waals surface area contributed by atoms with E-state index in [0.29, 0.717) is 6.10 Å². The van der Waals surface area contributed by atoms with Gasteiger partial charge in [0, 0.05) is 6.61 Å². The van der Waals surface area contributed by atoms with Crippen LogP contribution in [0.15, 0.2) is 11.6 Å². The number of hydrogen-bond donors (Lipinski definition) is 2. The Morgan fingerprint density at radius 1 is 1.25 bits per heavy atom. The van der Waals surface area contributed by atoms with Crippen LogP contribution in [0.25, 0.3) is 0 Å². The van der Waals surface area contributed by atoms with E-state index in [1.165, 1.54) is 50.5 Å². The topological polar surface area (TPSA) is 47.3 Å². The van der Waals surface area contributed by atoms with Gasteiger partial charge in [0.15, 0.2) is 0 Å². The summed E-state index contributed by atoms with van der Waals surface area (Å²) in [5, 5.41) is 0. The molecule has 2 atom stereocenters. The lowest BCUT2D eigenvalue weighted by molar-refractivity contribution is 0.0873. The molecule has 3 heteroatoms. The summed E-state index contributed by atoms with van der Waals surface area (Å²) in [5.74, 6) is 5.70. The van der Waals surface area contributed by atoms with Gasteiger partial charge in [0.2, 0.25) is 0 Å². The molecule has 3 nitrogen and oxygen atoms in total. The third-order valence-electron chi connectivity index (χ3n) is 3.74. The van der Waals surface area contributed by atoms with Gasteiger partial charge in [0.05, 0.1) is 12.1 Å². The van der Waals surface area contributed by atoms with E-state index < -0.39 is 0 Å². The first-order valence-electron chi connectivity index (χ1n) is 6.68. The zero-order valence-corrected chi connectivity index (χ0v) is 10.1. The van der Waals surface area contributed by atoms with Gasteiger partial charge in [-0.3, -0.25) is 11.3 Å². The average molecular weight is 224 g/mol. The molecule has 0 saturated carbocycles. The van der Waals surface area contributed by atoms with Gasteiger partial charge in [-0.25, -0.2) is 0 Å². The average Bonchev–Trinajstić information content (AvgIpc) is 2.75. The third-order valence-corrected chi connectivity index (χ3v) is 3.74. The normalized spacial score (nSPS) is 29.3. The first-order valence-corrected chi connectivity index (χ1v) is 6.68. The fraction of sp³-hybridized carbons (Fsp3) is 0.846. The van der Waals surface area contributed by atoms with Crippen LogP contribution in [0.1, 0.15) is 51.4 Å². The number of allylic oxidation sites excluding steroid dienone is 1. The van der Waals surface area contributed by atoms with Crippen molar-refractivity contribution in [3.05, 3.63) is 11.6 Å². The van der Waals surface area contributed by atoms with E-state index in [1.807, 2.05) is 0 Å². The van der Waals surface area contributed by atoms with Crippen molar-refractivity contribution in [2.24, 2.45) is 5.84 Å². The zero-order valence-electron chi connectivity index (χ0n) is 10.1. The van der Waals surface area contributed by atoms with Crippen molar-refractivity contribution >= 4 is 0 Å². The molecule has 1 heterocycles. The van der Waals surface area contributed by atoms with Crippen LogP contribution in [-0.4, -0.2) is 18.8 Å². The molecule has 0 radical (unpaired) electrons. The van der Waals surface area contributed by atoms with Gasteiger partial charge in [-0.2, -0.15) is 0 Å². The molecule has 1 saturated heterocycles. The predicted octanol–water partition coefficient (Wildman–Crippen LogP) is 2.28. The summed E-state index contributed by atoms with van der Waals surface area (Å²) in [6.07, 6.45) is 12.8. The van der Waals surface area contributed by atoms with Gasteiger partial charge in [-0.15, -0.1) is 0 Å². The first kappa shape index (κ1) is 12.1. The maximum Gasteiger partial charge on any atom is 0.0780 e. The van der Waals surface area contributed by atoms with Crippen LogP contribution in [0, 0.1) is 0 Å². The van der Waals surface area contributed by atoms with Crippen molar-refractivity contribution in [2.45, 2.75) is 63.5 Å². The Kier molecular flexibility index (Phi) is 4.82. The molecule has 1 aliphatic heterocycles. The Hall–Kier alpha value is -0.380. The van der Waals surface area contributed by atoms with Crippen molar-refractivity contribution in [1.29, 1.82) is 0 Å². The van der Waals surface area contributed by atoms with Crippen LogP contribution in [0.4, 0.5) is 0 Å². The molecule has 2 aliphatic rings. The highest BCUT2D eigenvalue weighted by atomic mass is 16.5. The Morgan fingerprint density at radius 2 is 2.12 bits per heavy atom. The second-order valence-corrected chi connectivity index (χ2v) is 4.93. The molecule has 1 aliphatic carbocycles. The first-order chi connectivity index (χ1) is 7.92. The van der Waals surface area contributed by atoms with E-state index in [1.54, 1.807) is 0 Å². The summed E-state index contributed by atoms with van der Waals surface area (Å²) in [6, 6.07) is 0.251. The highest BCUT2D eigenvalue weighted by molar-refractivity contribution is 5.14. The summed E-state index contributed by atoms with van der Waals surface area (Å²) in [4.78, 5) is 0. The molecule has 1 fully saturated rings. The number of hydrogen-bond acceptors (Lipinski definition) is 3. The Labute approximate surface area is 98.4 Å². The standard InChI is InChI=1S/C13H24N2O/c14-15-13(12-9-6-10-16-12)11-7-4-2-1-3-5-8-11/h7,12-13,15H,1-6,8-10,14H2. The second-order valence-electron chi connectivity index (χ2n) is 4.93. The number of nitrogens with two attached hydrogens (primary N) is 1. The smallest absolute Gasteiger partial charge is 0.0780 e. The molecule has 0 spiro atoms. The Bertz CT molecular complexity index is 234. The predicted molar refractivity (Wildman–Crippen MR) is 65.9 cm³/mol. The zero-order chi connectivity index (χ0) is 11.2. The van der Waals surface area contributed by atoms with E-state index in [4.69, 9.17) is 10.6 Å². The maximum absolute atomic E-state index is 5.75. The van der Waals surface area contributed by atoms with Gasteiger partial charge in [0.1, 0.15) is 0 Å². The molecular weight excluding hydrogens is 200 g/mol. The molecule has 0 aromatic heterocycles. The van der Waals surface area contributed by atoms with E-state index in [0.717, 1.165) is 13.0 Å². The summed E-state index contributed by atoms with van der Waals surface area (Å²) < 4.78 is 5.75. The van der Waals surface area contributed by atoms with Gasteiger partial charge >= 0.3 is 0 Å². The van der Waals surface area contributed by atoms with Crippen molar-refractivity contribution in [3.63, 3.8) is 0 Å². The summed E-state index contributed by atoms with van der Waals surface area (Å²) in [5.41, 5.74) is 4.45. The fourth-order valence-corrected chi connectivity index (χ4v) is 2.82. The van der Waals surface area contributed by atoms with Crippen LogP contribution in [0.3, 0.4) is 0 Å². The lowest BCUT2D eigenvalue weighted by Crippen LogP contribution is -2.45. The highest BCUT2D eigenvalue weighted by Crippen LogP contribution is 2.25. The van der Waals surface area contributed by atoms with Gasteiger partial charge in [-0.05, 0) is 38.5 Å². The van der Waals surface area contributed by atoms with Crippen LogP contribution < -0.4 is 11.3 Å². The maximum atomic E-state index is 5.75. The number of hydrazine groups is 1. The molecule has 0 aromatic carbocycles. The quantitative estimate of drug-likeness (QED) is 0.439. The molecule has 16 heavy (non-hydrogen) atoms. The number of nitrogens with one attached hydrogen (secondary N) is 1. The fourth-order valence-electron chi connectivity index (χ4n) is 2.82. The highest BCUT2D eigenvalue weighted by Gasteiger charge is 2.27. The molecule has 3 N–H and O–H groups in total. The number of rotatable bonds is 3. The molecule has 2 unspecified atom stereocenters. The Balaban J connectivity index is 1.99. The lowest BCUT2D eigenvalue weighted by Gasteiger charge is -2.26. The minimum atomic E-state index is 0.251. The number of ether oxygens (including phenoxy) is 1. The van der Waals surface area contributed by atoms with Crippen LogP contribution in [0.2, 0.25) is 0 Å². The van der Waals surface area contributed by atoms with Gasteiger partial charge in [0.25, 0.3) is 0 Å². The van der Waals surface area contributed by atoms with Crippen molar-refractivity contribution in [3.8, 4) is 0 Å². The largest absolute Gasteiger partial charge is 0.376 e. The molecule has 92 valence electrons. The van der Waals surface area contributed by atoms with Crippen LogP contribution >= 0.6 is 0 Å². The van der Waals surface area contributed by atoms with Crippen molar-refractivity contribution in [1.82, 2.24) is 5.43 Å². The van der Waals surface area contributed by atoms with E-state index in [-0.39, 0.29) is 6.04 Å². The van der Waals surface area contributed by atoms with Crippen molar-refractivity contribution in [2.75, 3.05) is 6.61 Å². The molecule has 2 rings (SSSR count). The SMILES string of the molecule is NNC(C1=CCCCCCC1)C1CCCO1. The third kappa shape index (κ3) is 3.06. The van der Waals surface area contributed by atoms with E-state index >= 15 is 0 Å². The molecule has 0 aromatic rings.